The topological polar surface area (TPSA) is 60.2 Å². The number of aromatic nitrogens is 3. The van der Waals surface area contributed by atoms with Crippen LogP contribution < -0.4 is 0 Å². The summed E-state index contributed by atoms with van der Waals surface area (Å²) >= 11 is 1.48. The Kier molecular flexibility index (Phi) is 5.30. The lowest BCUT2D eigenvalue weighted by Crippen LogP contribution is -2.46. The predicted molar refractivity (Wildman–Crippen MR) is 93.2 cm³/mol. The van der Waals surface area contributed by atoms with E-state index in [4.69, 9.17) is 4.74 Å². The fourth-order valence-corrected chi connectivity index (χ4v) is 4.00. The van der Waals surface area contributed by atoms with Crippen LogP contribution in [0.25, 0.3) is 0 Å². The van der Waals surface area contributed by atoms with Crippen LogP contribution in [0.15, 0.2) is 11.4 Å². The smallest absolute Gasteiger partial charge is 0.273 e. The van der Waals surface area contributed by atoms with Gasteiger partial charge in [-0.15, -0.1) is 11.3 Å². The minimum Gasteiger partial charge on any atom is -0.378 e. The third-order valence-corrected chi connectivity index (χ3v) is 5.24. The average molecular weight is 348 g/mol. The van der Waals surface area contributed by atoms with Gasteiger partial charge < -0.3 is 9.64 Å². The summed E-state index contributed by atoms with van der Waals surface area (Å²) in [6, 6.07) is 2.25. The predicted octanol–water partition coefficient (Wildman–Crippen LogP) is 2.80. The summed E-state index contributed by atoms with van der Waals surface area (Å²) in [5.74, 6) is 0.0276. The summed E-state index contributed by atoms with van der Waals surface area (Å²) in [4.78, 5) is 19.3. The Bertz CT molecular complexity index is 709. The molecule has 0 spiro atoms. The Morgan fingerprint density at radius 1 is 1.42 bits per heavy atom. The van der Waals surface area contributed by atoms with Gasteiger partial charge in [-0.2, -0.15) is 5.10 Å². The van der Waals surface area contributed by atoms with Gasteiger partial charge in [-0.25, -0.2) is 4.98 Å². The fraction of sp³-hybridized carbons (Fsp3) is 0.588. The van der Waals surface area contributed by atoms with Crippen molar-refractivity contribution < 1.29 is 9.53 Å². The number of aryl methyl sites for hydroxylation is 2. The van der Waals surface area contributed by atoms with Crippen LogP contribution in [0, 0.1) is 13.8 Å². The van der Waals surface area contributed by atoms with Crippen LogP contribution >= 0.6 is 11.3 Å². The summed E-state index contributed by atoms with van der Waals surface area (Å²) in [7, 11) is 1.64. The van der Waals surface area contributed by atoms with Crippen molar-refractivity contribution >= 4 is 17.2 Å². The molecule has 0 bridgehead atoms. The van der Waals surface area contributed by atoms with Crippen molar-refractivity contribution in [2.24, 2.45) is 0 Å². The standard InChI is InChI=1S/C17H24N4O2S/c1-12-8-13(2)21(19-12)9-14-6-4-5-7-20(14)17(22)15-11-24-16(18-15)10-23-3/h8,11,14H,4-7,9-10H2,1-3H3/t14-/m1/s1. The highest BCUT2D eigenvalue weighted by molar-refractivity contribution is 7.09. The van der Waals surface area contributed by atoms with E-state index in [0.717, 1.165) is 48.7 Å². The summed E-state index contributed by atoms with van der Waals surface area (Å²) in [6.07, 6.45) is 3.22. The first-order valence-electron chi connectivity index (χ1n) is 8.34. The third kappa shape index (κ3) is 3.67. The normalized spacial score (nSPS) is 18.1. The second-order valence-corrected chi connectivity index (χ2v) is 7.26. The van der Waals surface area contributed by atoms with E-state index in [9.17, 15) is 4.79 Å². The Balaban J connectivity index is 1.75. The molecule has 0 aromatic carbocycles. The second kappa shape index (κ2) is 7.44. The number of likely N-dealkylation sites (tertiary alicyclic amines) is 1. The molecular formula is C17H24N4O2S. The number of nitrogens with zero attached hydrogens (tertiary/aromatic N) is 4. The summed E-state index contributed by atoms with van der Waals surface area (Å²) in [6.45, 7) is 6.06. The molecule has 2 aromatic rings. The number of carbonyl (C=O) groups excluding carboxylic acids is 1. The Labute approximate surface area is 146 Å². The van der Waals surface area contributed by atoms with Crippen molar-refractivity contribution in [2.45, 2.75) is 52.3 Å². The maximum absolute atomic E-state index is 12.9. The second-order valence-electron chi connectivity index (χ2n) is 6.32. The minimum atomic E-state index is 0.0276. The lowest BCUT2D eigenvalue weighted by Gasteiger charge is -2.35. The zero-order chi connectivity index (χ0) is 17.1. The molecule has 0 N–H and O–H groups in total. The first-order valence-corrected chi connectivity index (χ1v) is 9.22. The van der Waals surface area contributed by atoms with Crippen LogP contribution in [0.5, 0.6) is 0 Å². The number of rotatable bonds is 5. The van der Waals surface area contributed by atoms with Gasteiger partial charge in [-0.1, -0.05) is 0 Å². The first-order chi connectivity index (χ1) is 11.6. The fourth-order valence-electron chi connectivity index (χ4n) is 3.26. The van der Waals surface area contributed by atoms with Gasteiger partial charge in [0.2, 0.25) is 0 Å². The van der Waals surface area contributed by atoms with E-state index < -0.39 is 0 Å². The molecule has 1 aliphatic heterocycles. The molecule has 3 rings (SSSR count). The van der Waals surface area contributed by atoms with Gasteiger partial charge in [0, 0.05) is 24.7 Å². The molecule has 1 atom stereocenters. The van der Waals surface area contributed by atoms with Crippen LogP contribution in [0.4, 0.5) is 0 Å². The number of ether oxygens (including phenoxy) is 1. The SMILES string of the molecule is COCc1nc(C(=O)N2CCCC[C@@H]2Cn2nc(C)cc2C)cs1. The highest BCUT2D eigenvalue weighted by atomic mass is 32.1. The largest absolute Gasteiger partial charge is 0.378 e. The maximum Gasteiger partial charge on any atom is 0.273 e. The molecule has 0 unspecified atom stereocenters. The summed E-state index contributed by atoms with van der Waals surface area (Å²) in [5.41, 5.74) is 2.69. The van der Waals surface area contributed by atoms with Gasteiger partial charge in [0.25, 0.3) is 5.91 Å². The lowest BCUT2D eigenvalue weighted by molar-refractivity contribution is 0.0577. The van der Waals surface area contributed by atoms with Crippen molar-refractivity contribution in [2.75, 3.05) is 13.7 Å². The van der Waals surface area contributed by atoms with E-state index in [0.29, 0.717) is 12.3 Å². The number of piperidine rings is 1. The molecular weight excluding hydrogens is 324 g/mol. The molecule has 7 heteroatoms. The van der Waals surface area contributed by atoms with Crippen LogP contribution in [-0.4, -0.2) is 45.3 Å². The van der Waals surface area contributed by atoms with Crippen LogP contribution in [0.3, 0.4) is 0 Å². The molecule has 0 aliphatic carbocycles. The zero-order valence-electron chi connectivity index (χ0n) is 14.5. The number of thiazole rings is 1. The molecule has 0 radical (unpaired) electrons. The van der Waals surface area contributed by atoms with E-state index >= 15 is 0 Å². The monoisotopic (exact) mass is 348 g/mol. The number of hydrogen-bond acceptors (Lipinski definition) is 5. The van der Waals surface area contributed by atoms with Crippen LogP contribution in [-0.2, 0) is 17.9 Å². The van der Waals surface area contributed by atoms with Gasteiger partial charge in [-0.05, 0) is 39.2 Å². The van der Waals surface area contributed by atoms with E-state index in [1.807, 2.05) is 21.9 Å². The van der Waals surface area contributed by atoms with E-state index in [1.54, 1.807) is 7.11 Å². The minimum absolute atomic E-state index is 0.0276. The van der Waals surface area contributed by atoms with Crippen molar-refractivity contribution in [1.82, 2.24) is 19.7 Å². The Morgan fingerprint density at radius 2 is 2.25 bits per heavy atom. The van der Waals surface area contributed by atoms with Gasteiger partial charge in [-0.3, -0.25) is 9.48 Å². The van der Waals surface area contributed by atoms with Crippen LogP contribution in [0.2, 0.25) is 0 Å². The Hall–Kier alpha value is -1.73. The molecule has 1 saturated heterocycles. The highest BCUT2D eigenvalue weighted by Gasteiger charge is 2.29. The van der Waals surface area contributed by atoms with E-state index in [-0.39, 0.29) is 11.9 Å². The maximum atomic E-state index is 12.9. The lowest BCUT2D eigenvalue weighted by atomic mass is 10.0. The number of hydrogen-bond donors (Lipinski definition) is 0. The number of amides is 1. The molecule has 24 heavy (non-hydrogen) atoms. The van der Waals surface area contributed by atoms with E-state index in [1.165, 1.54) is 11.3 Å². The van der Waals surface area contributed by atoms with Crippen molar-refractivity contribution in [3.05, 3.63) is 33.5 Å². The molecule has 1 fully saturated rings. The van der Waals surface area contributed by atoms with Crippen LogP contribution in [0.1, 0.15) is 46.1 Å². The third-order valence-electron chi connectivity index (χ3n) is 4.41. The molecule has 1 amide bonds. The average Bonchev–Trinajstić information content (AvgIpc) is 3.14. The van der Waals surface area contributed by atoms with Gasteiger partial charge >= 0.3 is 0 Å². The van der Waals surface area contributed by atoms with E-state index in [2.05, 4.69) is 23.1 Å². The summed E-state index contributed by atoms with van der Waals surface area (Å²) in [5, 5.41) is 7.23. The highest BCUT2D eigenvalue weighted by Crippen LogP contribution is 2.22. The van der Waals surface area contributed by atoms with Crippen molar-refractivity contribution in [3.63, 3.8) is 0 Å². The number of carbonyl (C=O) groups is 1. The zero-order valence-corrected chi connectivity index (χ0v) is 15.3. The molecule has 1 aliphatic rings. The van der Waals surface area contributed by atoms with Gasteiger partial charge in [0.15, 0.2) is 0 Å². The number of methoxy groups -OCH3 is 1. The Morgan fingerprint density at radius 3 is 2.96 bits per heavy atom. The molecule has 6 nitrogen and oxygen atoms in total. The first kappa shape index (κ1) is 17.1. The molecule has 0 saturated carbocycles. The molecule has 2 aromatic heterocycles. The van der Waals surface area contributed by atoms with Gasteiger partial charge in [0.05, 0.1) is 24.9 Å². The van der Waals surface area contributed by atoms with Gasteiger partial charge in [0.1, 0.15) is 10.7 Å². The van der Waals surface area contributed by atoms with Crippen molar-refractivity contribution in [3.8, 4) is 0 Å². The van der Waals surface area contributed by atoms with Crippen molar-refractivity contribution in [1.29, 1.82) is 0 Å². The summed E-state index contributed by atoms with van der Waals surface area (Å²) < 4.78 is 7.11. The molecule has 130 valence electrons. The molecule has 3 heterocycles. The quantitative estimate of drug-likeness (QED) is 0.834.